The predicted molar refractivity (Wildman–Crippen MR) is 157 cm³/mol. The number of nitrogens with zero attached hydrogens (tertiary/aromatic N) is 5. The number of carbonyl (C=O) groups is 2. The Morgan fingerprint density at radius 3 is 2.17 bits per heavy atom. The van der Waals surface area contributed by atoms with E-state index in [0.29, 0.717) is 42.0 Å². The molecule has 3 aromatic carbocycles. The van der Waals surface area contributed by atoms with Gasteiger partial charge in [0.15, 0.2) is 11.6 Å². The number of halogens is 2. The molecule has 3 aromatic rings. The normalized spacial score (nSPS) is 18.8. The molecular formula is C33H33F2N5O2. The van der Waals surface area contributed by atoms with Gasteiger partial charge in [0.25, 0.3) is 5.91 Å². The Bertz CT molecular complexity index is 1530. The Morgan fingerprint density at radius 2 is 1.55 bits per heavy atom. The Morgan fingerprint density at radius 1 is 0.881 bits per heavy atom. The van der Waals surface area contributed by atoms with Crippen molar-refractivity contribution in [2.75, 3.05) is 42.5 Å². The van der Waals surface area contributed by atoms with Crippen LogP contribution in [-0.4, -0.2) is 60.0 Å². The Balaban J connectivity index is 1.20. The zero-order chi connectivity index (χ0) is 29.4. The molecule has 0 aromatic heterocycles. The van der Waals surface area contributed by atoms with Gasteiger partial charge in [-0.2, -0.15) is 5.26 Å². The number of anilines is 2. The number of rotatable bonds is 6. The molecule has 0 bridgehead atoms. The van der Waals surface area contributed by atoms with Gasteiger partial charge in [-0.15, -0.1) is 0 Å². The first-order valence-corrected chi connectivity index (χ1v) is 14.6. The molecule has 3 amide bonds. The summed E-state index contributed by atoms with van der Waals surface area (Å²) < 4.78 is 31.0. The molecule has 216 valence electrons. The molecule has 0 radical (unpaired) electrons. The summed E-state index contributed by atoms with van der Waals surface area (Å²) in [5, 5.41) is 9.18. The van der Waals surface area contributed by atoms with E-state index in [4.69, 9.17) is 0 Å². The molecule has 0 saturated carbocycles. The summed E-state index contributed by atoms with van der Waals surface area (Å²) in [6.45, 7) is 6.11. The monoisotopic (exact) mass is 569 g/mol. The van der Waals surface area contributed by atoms with Crippen molar-refractivity contribution in [3.05, 3.63) is 83.4 Å². The van der Waals surface area contributed by atoms with E-state index in [0.717, 1.165) is 31.8 Å². The molecule has 0 N–H and O–H groups in total. The van der Waals surface area contributed by atoms with Crippen molar-refractivity contribution >= 4 is 23.3 Å². The van der Waals surface area contributed by atoms with Crippen LogP contribution in [0.2, 0.25) is 0 Å². The summed E-state index contributed by atoms with van der Waals surface area (Å²) in [7, 11) is 0. The van der Waals surface area contributed by atoms with E-state index in [1.165, 1.54) is 35.1 Å². The minimum atomic E-state index is -1.14. The van der Waals surface area contributed by atoms with E-state index in [-0.39, 0.29) is 12.1 Å². The second-order valence-corrected chi connectivity index (χ2v) is 11.3. The molecule has 3 heterocycles. The highest BCUT2D eigenvalue weighted by Crippen LogP contribution is 2.42. The largest absolute Gasteiger partial charge is 0.372 e. The zero-order valence-corrected chi connectivity index (χ0v) is 23.7. The third kappa shape index (κ3) is 4.80. The minimum absolute atomic E-state index is 0.216. The predicted octanol–water partition coefficient (Wildman–Crippen LogP) is 5.93. The van der Waals surface area contributed by atoms with Gasteiger partial charge < -0.3 is 9.80 Å². The third-order valence-electron chi connectivity index (χ3n) is 8.92. The molecule has 42 heavy (non-hydrogen) atoms. The summed E-state index contributed by atoms with van der Waals surface area (Å²) in [4.78, 5) is 34.2. The van der Waals surface area contributed by atoms with Crippen molar-refractivity contribution in [2.45, 2.75) is 44.7 Å². The van der Waals surface area contributed by atoms with Gasteiger partial charge in [-0.25, -0.2) is 18.5 Å². The van der Waals surface area contributed by atoms with Gasteiger partial charge in [-0.05, 0) is 85.7 Å². The molecule has 0 aliphatic carbocycles. The highest BCUT2D eigenvalue weighted by Gasteiger charge is 2.58. The number of carbonyl (C=O) groups excluding carboxylic acids is 2. The minimum Gasteiger partial charge on any atom is -0.372 e. The lowest BCUT2D eigenvalue weighted by Crippen LogP contribution is -2.56. The average molecular weight is 570 g/mol. The van der Waals surface area contributed by atoms with Gasteiger partial charge in [0.2, 0.25) is 0 Å². The van der Waals surface area contributed by atoms with E-state index in [1.807, 2.05) is 6.07 Å². The van der Waals surface area contributed by atoms with Crippen LogP contribution in [-0.2, 0) is 11.3 Å². The van der Waals surface area contributed by atoms with Crippen LogP contribution in [0.4, 0.5) is 25.0 Å². The first-order chi connectivity index (χ1) is 20.3. The second kappa shape index (κ2) is 11.2. The fourth-order valence-corrected chi connectivity index (χ4v) is 6.67. The first-order valence-electron chi connectivity index (χ1n) is 14.6. The topological polar surface area (TPSA) is 70.9 Å². The molecule has 0 atom stereocenters. The first kappa shape index (κ1) is 27.9. The summed E-state index contributed by atoms with van der Waals surface area (Å²) in [6.07, 6.45) is 3.23. The fraction of sp³-hybridized carbons (Fsp3) is 0.364. The van der Waals surface area contributed by atoms with Gasteiger partial charge >= 0.3 is 6.03 Å². The number of hydrogen-bond donors (Lipinski definition) is 0. The Labute approximate surface area is 244 Å². The fourth-order valence-electron chi connectivity index (χ4n) is 6.67. The van der Waals surface area contributed by atoms with Crippen molar-refractivity contribution in [1.29, 1.82) is 5.26 Å². The third-order valence-corrected chi connectivity index (χ3v) is 8.92. The Kier molecular flexibility index (Phi) is 7.42. The van der Waals surface area contributed by atoms with Crippen LogP contribution < -0.4 is 9.80 Å². The van der Waals surface area contributed by atoms with E-state index < -0.39 is 34.8 Å². The molecule has 6 rings (SSSR count). The molecule has 0 unspecified atom stereocenters. The van der Waals surface area contributed by atoms with Gasteiger partial charge in [-0.1, -0.05) is 24.3 Å². The van der Waals surface area contributed by atoms with Crippen LogP contribution in [0.25, 0.3) is 11.1 Å². The van der Waals surface area contributed by atoms with Crippen LogP contribution in [0.15, 0.2) is 60.7 Å². The second-order valence-electron chi connectivity index (χ2n) is 11.3. The maximum Gasteiger partial charge on any atom is 0.332 e. The number of likely N-dealkylation sites (tertiary alicyclic amines) is 1. The molecule has 9 heteroatoms. The number of piperidine rings is 1. The lowest BCUT2D eigenvalue weighted by atomic mass is 9.85. The number of amides is 3. The molecule has 3 aliphatic rings. The van der Waals surface area contributed by atoms with Gasteiger partial charge in [-0.3, -0.25) is 9.69 Å². The SMILES string of the molecule is CCN1C(=O)N(c2c(F)cc(-c3cccc(C#N)c3)cc2F)C(=O)C12CCN(Cc1ccc(N3CCCC3)cc1)CC2. The Hall–Kier alpha value is -4.29. The van der Waals surface area contributed by atoms with Crippen molar-refractivity contribution in [3.8, 4) is 17.2 Å². The van der Waals surface area contributed by atoms with E-state index >= 15 is 8.78 Å². The highest BCUT2D eigenvalue weighted by atomic mass is 19.1. The summed E-state index contributed by atoms with van der Waals surface area (Å²) >= 11 is 0. The van der Waals surface area contributed by atoms with Crippen LogP contribution in [0.5, 0.6) is 0 Å². The number of imide groups is 1. The summed E-state index contributed by atoms with van der Waals surface area (Å²) in [6, 6.07) is 18.5. The van der Waals surface area contributed by atoms with Crippen LogP contribution in [0.1, 0.15) is 43.7 Å². The van der Waals surface area contributed by atoms with Crippen molar-refractivity contribution < 1.29 is 18.4 Å². The zero-order valence-electron chi connectivity index (χ0n) is 23.7. The molecule has 7 nitrogen and oxygen atoms in total. The average Bonchev–Trinajstić information content (AvgIpc) is 3.61. The van der Waals surface area contributed by atoms with E-state index in [1.54, 1.807) is 25.1 Å². The van der Waals surface area contributed by atoms with Gasteiger partial charge in [0, 0.05) is 45.0 Å². The van der Waals surface area contributed by atoms with Crippen molar-refractivity contribution in [2.24, 2.45) is 0 Å². The maximum absolute atomic E-state index is 15.5. The molecule has 3 fully saturated rings. The van der Waals surface area contributed by atoms with Crippen molar-refractivity contribution in [3.63, 3.8) is 0 Å². The lowest BCUT2D eigenvalue weighted by molar-refractivity contribution is -0.127. The molecule has 3 aliphatic heterocycles. The highest BCUT2D eigenvalue weighted by molar-refractivity contribution is 6.23. The molecular weight excluding hydrogens is 536 g/mol. The van der Waals surface area contributed by atoms with Crippen LogP contribution in [0.3, 0.4) is 0 Å². The van der Waals surface area contributed by atoms with Crippen molar-refractivity contribution in [1.82, 2.24) is 9.80 Å². The van der Waals surface area contributed by atoms with Crippen LogP contribution in [0, 0.1) is 23.0 Å². The van der Waals surface area contributed by atoms with E-state index in [2.05, 4.69) is 34.1 Å². The summed E-state index contributed by atoms with van der Waals surface area (Å²) in [5.41, 5.74) is 1.66. The number of urea groups is 1. The number of benzene rings is 3. The maximum atomic E-state index is 15.5. The number of likely N-dealkylation sites (N-methyl/N-ethyl adjacent to an activating group) is 1. The van der Waals surface area contributed by atoms with Gasteiger partial charge in [0.1, 0.15) is 11.2 Å². The van der Waals surface area contributed by atoms with Gasteiger partial charge in [0.05, 0.1) is 11.6 Å². The summed E-state index contributed by atoms with van der Waals surface area (Å²) in [5.74, 6) is -2.59. The molecule has 1 spiro atoms. The molecule has 3 saturated heterocycles. The van der Waals surface area contributed by atoms with Crippen LogP contribution >= 0.6 is 0 Å². The van der Waals surface area contributed by atoms with E-state index in [9.17, 15) is 14.9 Å². The smallest absolute Gasteiger partial charge is 0.332 e. The quantitative estimate of drug-likeness (QED) is 0.345. The lowest BCUT2D eigenvalue weighted by Gasteiger charge is -2.41. The number of nitriles is 1. The number of hydrogen-bond acceptors (Lipinski definition) is 5. The standard InChI is InChI=1S/C33H33F2N5O2/c1-2-39-32(42)40(30-28(34)19-26(20-29(30)35)25-7-5-6-24(18-25)21-36)31(41)33(39)12-16-37(17-13-33)22-23-8-10-27(11-9-23)38-14-3-4-15-38/h5-11,18-20H,2-4,12-17,22H2,1H3.